The standard InChI is InChI=1S/C15H23N3O2/c1-17(2)15(19)18-9-7-12(8-10-18)16-13-5-4-6-14(11-13)20-3/h4-6,11-12,16H,7-10H2,1-3H3. The molecule has 0 unspecified atom stereocenters. The molecule has 5 heteroatoms. The number of hydrogen-bond acceptors (Lipinski definition) is 3. The summed E-state index contributed by atoms with van der Waals surface area (Å²) in [6, 6.07) is 8.46. The van der Waals surface area contributed by atoms with Gasteiger partial charge in [0.1, 0.15) is 5.75 Å². The second-order valence-corrected chi connectivity index (χ2v) is 5.31. The topological polar surface area (TPSA) is 44.8 Å². The van der Waals surface area contributed by atoms with Gasteiger partial charge < -0.3 is 19.9 Å². The number of methoxy groups -OCH3 is 1. The lowest BCUT2D eigenvalue weighted by atomic mass is 10.0. The SMILES string of the molecule is COc1cccc(NC2CCN(C(=O)N(C)C)CC2)c1. The Kier molecular flexibility index (Phi) is 4.71. The minimum atomic E-state index is 0.102. The van der Waals surface area contributed by atoms with E-state index in [0.717, 1.165) is 37.4 Å². The van der Waals surface area contributed by atoms with Crippen LogP contribution in [0.2, 0.25) is 0 Å². The van der Waals surface area contributed by atoms with Crippen LogP contribution in [0.3, 0.4) is 0 Å². The van der Waals surface area contributed by atoms with Crippen LogP contribution in [-0.4, -0.2) is 56.2 Å². The minimum Gasteiger partial charge on any atom is -0.497 e. The number of rotatable bonds is 3. The summed E-state index contributed by atoms with van der Waals surface area (Å²) in [6.45, 7) is 1.61. The van der Waals surface area contributed by atoms with E-state index in [1.807, 2.05) is 29.2 Å². The molecule has 1 aromatic carbocycles. The number of benzene rings is 1. The van der Waals surface area contributed by atoms with E-state index in [1.54, 1.807) is 26.1 Å². The molecule has 0 saturated carbocycles. The van der Waals surface area contributed by atoms with Gasteiger partial charge in [0.25, 0.3) is 0 Å². The van der Waals surface area contributed by atoms with E-state index in [-0.39, 0.29) is 6.03 Å². The summed E-state index contributed by atoms with van der Waals surface area (Å²) in [7, 11) is 5.26. The summed E-state index contributed by atoms with van der Waals surface area (Å²) in [6.07, 6.45) is 1.94. The van der Waals surface area contributed by atoms with Gasteiger partial charge in [-0.3, -0.25) is 0 Å². The molecule has 1 N–H and O–H groups in total. The van der Waals surface area contributed by atoms with E-state index < -0.39 is 0 Å². The van der Waals surface area contributed by atoms with Gasteiger partial charge >= 0.3 is 6.03 Å². The van der Waals surface area contributed by atoms with E-state index >= 15 is 0 Å². The van der Waals surface area contributed by atoms with Gasteiger partial charge in [0.2, 0.25) is 0 Å². The lowest BCUT2D eigenvalue weighted by Crippen LogP contribution is -2.46. The zero-order valence-electron chi connectivity index (χ0n) is 12.4. The highest BCUT2D eigenvalue weighted by molar-refractivity contribution is 5.73. The number of anilines is 1. The Hall–Kier alpha value is -1.91. The van der Waals surface area contributed by atoms with Crippen LogP contribution in [-0.2, 0) is 0 Å². The normalized spacial score (nSPS) is 15.8. The van der Waals surface area contributed by atoms with Gasteiger partial charge in [0, 0.05) is 45.0 Å². The second kappa shape index (κ2) is 6.50. The molecule has 0 atom stereocenters. The lowest BCUT2D eigenvalue weighted by molar-refractivity contribution is 0.158. The fourth-order valence-electron chi connectivity index (χ4n) is 2.45. The van der Waals surface area contributed by atoms with Crippen LogP contribution < -0.4 is 10.1 Å². The summed E-state index contributed by atoms with van der Waals surface area (Å²) < 4.78 is 5.22. The maximum atomic E-state index is 11.9. The number of nitrogens with one attached hydrogen (secondary N) is 1. The summed E-state index contributed by atoms with van der Waals surface area (Å²) in [4.78, 5) is 15.4. The summed E-state index contributed by atoms with van der Waals surface area (Å²) >= 11 is 0. The summed E-state index contributed by atoms with van der Waals surface area (Å²) in [5.41, 5.74) is 1.07. The number of amides is 2. The van der Waals surface area contributed by atoms with Gasteiger partial charge in [-0.05, 0) is 25.0 Å². The first-order chi connectivity index (χ1) is 9.60. The molecule has 5 nitrogen and oxygen atoms in total. The molecule has 20 heavy (non-hydrogen) atoms. The number of urea groups is 1. The Morgan fingerprint density at radius 1 is 1.35 bits per heavy atom. The highest BCUT2D eigenvalue weighted by atomic mass is 16.5. The first-order valence-corrected chi connectivity index (χ1v) is 6.97. The fourth-order valence-corrected chi connectivity index (χ4v) is 2.45. The molecule has 0 radical (unpaired) electrons. The van der Waals surface area contributed by atoms with Crippen molar-refractivity contribution in [2.45, 2.75) is 18.9 Å². The van der Waals surface area contributed by atoms with Crippen molar-refractivity contribution in [3.8, 4) is 5.75 Å². The van der Waals surface area contributed by atoms with E-state index in [9.17, 15) is 4.79 Å². The van der Waals surface area contributed by atoms with Crippen LogP contribution in [0.1, 0.15) is 12.8 Å². The average molecular weight is 277 g/mol. The second-order valence-electron chi connectivity index (χ2n) is 5.31. The lowest BCUT2D eigenvalue weighted by Gasteiger charge is -2.34. The largest absolute Gasteiger partial charge is 0.497 e. The van der Waals surface area contributed by atoms with Crippen LogP contribution in [0, 0.1) is 0 Å². The molecular weight excluding hydrogens is 254 g/mol. The van der Waals surface area contributed by atoms with Crippen molar-refractivity contribution in [1.82, 2.24) is 9.80 Å². The van der Waals surface area contributed by atoms with Crippen LogP contribution in [0.4, 0.5) is 10.5 Å². The van der Waals surface area contributed by atoms with E-state index in [1.165, 1.54) is 0 Å². The molecule has 0 aromatic heterocycles. The van der Waals surface area contributed by atoms with Crippen LogP contribution in [0.25, 0.3) is 0 Å². The fraction of sp³-hybridized carbons (Fsp3) is 0.533. The molecule has 110 valence electrons. The number of carbonyl (C=O) groups is 1. The summed E-state index contributed by atoms with van der Waals surface area (Å²) in [5.74, 6) is 0.857. The third kappa shape index (κ3) is 3.56. The van der Waals surface area contributed by atoms with Crippen molar-refractivity contribution >= 4 is 11.7 Å². The first kappa shape index (κ1) is 14.5. The Morgan fingerprint density at radius 3 is 2.65 bits per heavy atom. The van der Waals surface area contributed by atoms with Crippen molar-refractivity contribution in [1.29, 1.82) is 0 Å². The number of likely N-dealkylation sites (tertiary alicyclic amines) is 1. The van der Waals surface area contributed by atoms with E-state index in [0.29, 0.717) is 6.04 Å². The maximum absolute atomic E-state index is 11.9. The van der Waals surface area contributed by atoms with Crippen molar-refractivity contribution in [3.05, 3.63) is 24.3 Å². The van der Waals surface area contributed by atoms with Gasteiger partial charge in [-0.15, -0.1) is 0 Å². The molecule has 0 bridgehead atoms. The molecule has 2 rings (SSSR count). The molecule has 1 aromatic rings. The van der Waals surface area contributed by atoms with Gasteiger partial charge in [0.15, 0.2) is 0 Å². The van der Waals surface area contributed by atoms with Crippen LogP contribution >= 0.6 is 0 Å². The monoisotopic (exact) mass is 277 g/mol. The number of nitrogens with zero attached hydrogens (tertiary/aromatic N) is 2. The van der Waals surface area contributed by atoms with Crippen molar-refractivity contribution < 1.29 is 9.53 Å². The quantitative estimate of drug-likeness (QED) is 0.921. The number of ether oxygens (including phenoxy) is 1. The van der Waals surface area contributed by atoms with E-state index in [4.69, 9.17) is 4.74 Å². The molecule has 1 saturated heterocycles. The van der Waals surface area contributed by atoms with Gasteiger partial charge in [-0.25, -0.2) is 4.79 Å². The molecule has 1 aliphatic rings. The third-order valence-corrected chi connectivity index (χ3v) is 3.59. The molecule has 0 spiro atoms. The molecule has 1 fully saturated rings. The number of carbonyl (C=O) groups excluding carboxylic acids is 1. The highest BCUT2D eigenvalue weighted by Gasteiger charge is 2.23. The zero-order valence-corrected chi connectivity index (χ0v) is 12.4. The van der Waals surface area contributed by atoms with Crippen molar-refractivity contribution in [2.75, 3.05) is 39.6 Å². The third-order valence-electron chi connectivity index (χ3n) is 3.59. The van der Waals surface area contributed by atoms with Crippen molar-refractivity contribution in [2.24, 2.45) is 0 Å². The van der Waals surface area contributed by atoms with E-state index in [2.05, 4.69) is 5.32 Å². The molecule has 1 aliphatic heterocycles. The predicted octanol–water partition coefficient (Wildman–Crippen LogP) is 2.25. The van der Waals surface area contributed by atoms with Gasteiger partial charge in [-0.1, -0.05) is 6.07 Å². The predicted molar refractivity (Wildman–Crippen MR) is 80.3 cm³/mol. The smallest absolute Gasteiger partial charge is 0.319 e. The molecule has 2 amide bonds. The Balaban J connectivity index is 1.86. The Bertz CT molecular complexity index is 454. The minimum absolute atomic E-state index is 0.102. The van der Waals surface area contributed by atoms with Gasteiger partial charge in [0.05, 0.1) is 7.11 Å². The average Bonchev–Trinajstić information content (AvgIpc) is 2.47. The van der Waals surface area contributed by atoms with Crippen molar-refractivity contribution in [3.63, 3.8) is 0 Å². The molecular formula is C15H23N3O2. The molecule has 0 aliphatic carbocycles. The van der Waals surface area contributed by atoms with Crippen LogP contribution in [0.15, 0.2) is 24.3 Å². The first-order valence-electron chi connectivity index (χ1n) is 6.97. The Labute approximate surface area is 120 Å². The van der Waals surface area contributed by atoms with Crippen LogP contribution in [0.5, 0.6) is 5.75 Å². The Morgan fingerprint density at radius 2 is 2.05 bits per heavy atom. The zero-order chi connectivity index (χ0) is 14.5. The highest BCUT2D eigenvalue weighted by Crippen LogP contribution is 2.21. The summed E-state index contributed by atoms with van der Waals surface area (Å²) in [5, 5.41) is 3.51. The molecule has 1 heterocycles. The maximum Gasteiger partial charge on any atom is 0.319 e. The number of piperidine rings is 1. The number of hydrogen-bond donors (Lipinski definition) is 1. The van der Waals surface area contributed by atoms with Gasteiger partial charge in [-0.2, -0.15) is 0 Å².